The van der Waals surface area contributed by atoms with Crippen LogP contribution in [0.4, 0.5) is 4.39 Å². The Kier molecular flexibility index (Phi) is 8.52. The molecule has 1 aliphatic rings. The van der Waals surface area contributed by atoms with E-state index in [4.69, 9.17) is 9.72 Å². The van der Waals surface area contributed by atoms with Gasteiger partial charge in [0, 0.05) is 38.6 Å². The first-order valence-electron chi connectivity index (χ1n) is 12.3. The van der Waals surface area contributed by atoms with Gasteiger partial charge in [-0.15, -0.1) is 0 Å². The number of aryl methyl sites for hydroxylation is 2. The number of aromatic nitrogens is 2. The maximum atomic E-state index is 14.6. The number of sulfonamides is 1. The molecular weight excluding hydrogens is 485 g/mol. The van der Waals surface area contributed by atoms with E-state index in [9.17, 15) is 12.8 Å². The van der Waals surface area contributed by atoms with Gasteiger partial charge in [0.2, 0.25) is 10.0 Å². The number of imidazole rings is 1. The van der Waals surface area contributed by atoms with Gasteiger partial charge in [0.15, 0.2) is 5.16 Å². The number of piperidine rings is 1. The highest BCUT2D eigenvalue weighted by Crippen LogP contribution is 2.31. The molecule has 1 atom stereocenters. The summed E-state index contributed by atoms with van der Waals surface area (Å²) in [6.07, 6.45) is 2.74. The number of thioether (sulfide) groups is 1. The first-order valence-corrected chi connectivity index (χ1v) is 14.7. The van der Waals surface area contributed by atoms with Gasteiger partial charge in [0.1, 0.15) is 5.82 Å². The fourth-order valence-corrected chi connectivity index (χ4v) is 7.15. The van der Waals surface area contributed by atoms with E-state index in [0.717, 1.165) is 29.9 Å². The molecule has 2 aromatic carbocycles. The number of nitrogens with zero attached hydrogens (tertiary/aromatic N) is 3. The molecule has 1 fully saturated rings. The first-order chi connectivity index (χ1) is 16.8. The predicted molar refractivity (Wildman–Crippen MR) is 139 cm³/mol. The second-order valence-electron chi connectivity index (χ2n) is 9.19. The van der Waals surface area contributed by atoms with Crippen molar-refractivity contribution in [2.24, 2.45) is 5.92 Å². The standard InChI is InChI=1S/C26H34FN3O3S2/c1-4-33-15-7-14-30-24-12-11-22(35(31,32)29-13-6-8-19(2)17-29)16-23(24)28-26(30)34-18-21-10-5-9-20(3)25(21)27/h5,9-12,16,19H,4,6-8,13-15,17-18H2,1-3H3. The van der Waals surface area contributed by atoms with E-state index in [1.165, 1.54) is 11.8 Å². The Morgan fingerprint density at radius 2 is 2.09 bits per heavy atom. The van der Waals surface area contributed by atoms with E-state index in [0.29, 0.717) is 61.2 Å². The van der Waals surface area contributed by atoms with Crippen LogP contribution in [0.5, 0.6) is 0 Å². The maximum Gasteiger partial charge on any atom is 0.243 e. The summed E-state index contributed by atoms with van der Waals surface area (Å²) >= 11 is 1.47. The van der Waals surface area contributed by atoms with Gasteiger partial charge in [-0.05, 0) is 68.4 Å². The van der Waals surface area contributed by atoms with E-state index in [2.05, 4.69) is 11.5 Å². The fourth-order valence-electron chi connectivity index (χ4n) is 4.52. The van der Waals surface area contributed by atoms with Crippen LogP contribution < -0.4 is 0 Å². The molecule has 0 spiro atoms. The zero-order chi connectivity index (χ0) is 25.0. The molecule has 1 aliphatic heterocycles. The summed E-state index contributed by atoms with van der Waals surface area (Å²) in [5.74, 6) is 0.610. The third kappa shape index (κ3) is 5.90. The van der Waals surface area contributed by atoms with Crippen molar-refractivity contribution >= 4 is 32.8 Å². The average Bonchev–Trinajstić information content (AvgIpc) is 3.19. The molecule has 6 nitrogen and oxygen atoms in total. The van der Waals surface area contributed by atoms with Crippen LogP contribution in [0.2, 0.25) is 0 Å². The van der Waals surface area contributed by atoms with Crippen molar-refractivity contribution in [3.8, 4) is 0 Å². The minimum absolute atomic E-state index is 0.192. The summed E-state index contributed by atoms with van der Waals surface area (Å²) < 4.78 is 50.4. The fraction of sp³-hybridized carbons (Fsp3) is 0.500. The molecule has 0 N–H and O–H groups in total. The molecule has 0 aliphatic carbocycles. The van der Waals surface area contributed by atoms with Gasteiger partial charge < -0.3 is 9.30 Å². The summed E-state index contributed by atoms with van der Waals surface area (Å²) in [5, 5.41) is 0.749. The smallest absolute Gasteiger partial charge is 0.243 e. The number of hydrogen-bond acceptors (Lipinski definition) is 5. The van der Waals surface area contributed by atoms with Crippen LogP contribution in [-0.2, 0) is 27.1 Å². The van der Waals surface area contributed by atoms with Crippen molar-refractivity contribution in [1.82, 2.24) is 13.9 Å². The van der Waals surface area contributed by atoms with Crippen LogP contribution in [0.15, 0.2) is 46.5 Å². The molecule has 3 aromatic rings. The topological polar surface area (TPSA) is 64.4 Å². The lowest BCUT2D eigenvalue weighted by atomic mass is 10.0. The third-order valence-corrected chi connectivity index (χ3v) is 9.33. The molecule has 1 aromatic heterocycles. The zero-order valence-corrected chi connectivity index (χ0v) is 22.3. The van der Waals surface area contributed by atoms with E-state index >= 15 is 0 Å². The molecule has 35 heavy (non-hydrogen) atoms. The second kappa shape index (κ2) is 11.4. The van der Waals surface area contributed by atoms with E-state index < -0.39 is 10.0 Å². The van der Waals surface area contributed by atoms with Crippen LogP contribution in [0.1, 0.15) is 44.2 Å². The minimum atomic E-state index is -3.57. The van der Waals surface area contributed by atoms with Gasteiger partial charge in [-0.2, -0.15) is 4.31 Å². The molecular formula is C26H34FN3O3S2. The molecule has 0 bridgehead atoms. The van der Waals surface area contributed by atoms with Crippen LogP contribution in [0, 0.1) is 18.7 Å². The lowest BCUT2D eigenvalue weighted by molar-refractivity contribution is 0.141. The Bertz CT molecular complexity index is 1280. The van der Waals surface area contributed by atoms with Crippen molar-refractivity contribution in [3.05, 3.63) is 53.3 Å². The molecule has 0 saturated carbocycles. The van der Waals surface area contributed by atoms with E-state index in [1.807, 2.05) is 19.1 Å². The summed E-state index contributed by atoms with van der Waals surface area (Å²) in [7, 11) is -3.57. The molecule has 0 radical (unpaired) electrons. The Morgan fingerprint density at radius 3 is 2.86 bits per heavy atom. The number of fused-ring (bicyclic) bond motifs is 1. The quantitative estimate of drug-likeness (QED) is 0.257. The first kappa shape index (κ1) is 26.1. The number of ether oxygens (including phenoxy) is 1. The summed E-state index contributed by atoms with van der Waals surface area (Å²) in [6, 6.07) is 10.6. The monoisotopic (exact) mass is 519 g/mol. The second-order valence-corrected chi connectivity index (χ2v) is 12.1. The van der Waals surface area contributed by atoms with Crippen LogP contribution in [0.25, 0.3) is 11.0 Å². The highest BCUT2D eigenvalue weighted by Gasteiger charge is 2.29. The van der Waals surface area contributed by atoms with Crippen LogP contribution in [0.3, 0.4) is 0 Å². The van der Waals surface area contributed by atoms with Crippen LogP contribution in [-0.4, -0.2) is 48.6 Å². The number of hydrogen-bond donors (Lipinski definition) is 0. The van der Waals surface area contributed by atoms with Gasteiger partial charge in [-0.25, -0.2) is 17.8 Å². The van der Waals surface area contributed by atoms with E-state index in [-0.39, 0.29) is 10.7 Å². The van der Waals surface area contributed by atoms with Crippen molar-refractivity contribution < 1.29 is 17.5 Å². The predicted octanol–water partition coefficient (Wildman–Crippen LogP) is 5.62. The van der Waals surface area contributed by atoms with Crippen molar-refractivity contribution in [1.29, 1.82) is 0 Å². The molecule has 190 valence electrons. The van der Waals surface area contributed by atoms with Crippen LogP contribution >= 0.6 is 11.8 Å². The molecule has 0 amide bonds. The molecule has 4 rings (SSSR count). The van der Waals surface area contributed by atoms with E-state index in [1.54, 1.807) is 35.5 Å². The highest BCUT2D eigenvalue weighted by atomic mass is 32.2. The molecule has 2 heterocycles. The Balaban J connectivity index is 1.64. The highest BCUT2D eigenvalue weighted by molar-refractivity contribution is 7.98. The Morgan fingerprint density at radius 1 is 1.26 bits per heavy atom. The average molecular weight is 520 g/mol. The van der Waals surface area contributed by atoms with Gasteiger partial charge in [0.05, 0.1) is 15.9 Å². The Labute approximate surface area is 211 Å². The summed E-state index contributed by atoms with van der Waals surface area (Å²) in [4.78, 5) is 5.07. The SMILES string of the molecule is CCOCCCn1c(SCc2cccc(C)c2F)nc2cc(S(=O)(=O)N3CCCC(C)C3)ccc21. The lowest BCUT2D eigenvalue weighted by Gasteiger charge is -2.30. The number of benzene rings is 2. The Hall–Kier alpha value is -1.94. The summed E-state index contributed by atoms with van der Waals surface area (Å²) in [6.45, 7) is 8.91. The molecule has 1 saturated heterocycles. The van der Waals surface area contributed by atoms with Crippen molar-refractivity contribution in [3.63, 3.8) is 0 Å². The lowest BCUT2D eigenvalue weighted by Crippen LogP contribution is -2.39. The largest absolute Gasteiger partial charge is 0.382 e. The number of rotatable bonds is 10. The normalized spacial score (nSPS) is 17.3. The summed E-state index contributed by atoms with van der Waals surface area (Å²) in [5.41, 5.74) is 2.76. The van der Waals surface area contributed by atoms with Gasteiger partial charge in [-0.3, -0.25) is 0 Å². The third-order valence-electron chi connectivity index (χ3n) is 6.45. The van der Waals surface area contributed by atoms with Crippen molar-refractivity contribution in [2.75, 3.05) is 26.3 Å². The van der Waals surface area contributed by atoms with Gasteiger partial charge >= 0.3 is 0 Å². The zero-order valence-electron chi connectivity index (χ0n) is 20.7. The molecule has 9 heteroatoms. The van der Waals surface area contributed by atoms with Crippen molar-refractivity contribution in [2.45, 2.75) is 62.4 Å². The number of halogens is 1. The minimum Gasteiger partial charge on any atom is -0.382 e. The van der Waals surface area contributed by atoms with Gasteiger partial charge in [-0.1, -0.05) is 36.9 Å². The maximum absolute atomic E-state index is 14.6. The van der Waals surface area contributed by atoms with Gasteiger partial charge in [0.25, 0.3) is 0 Å². The molecule has 1 unspecified atom stereocenters.